The highest BCUT2D eigenvalue weighted by Crippen LogP contribution is 2.34. The molecule has 0 radical (unpaired) electrons. The number of thiophene rings is 1. The number of H-pyrrole nitrogens is 1. The minimum atomic E-state index is -0.186. The van der Waals surface area contributed by atoms with Gasteiger partial charge in [-0.1, -0.05) is 12.1 Å². The van der Waals surface area contributed by atoms with Gasteiger partial charge in [-0.15, -0.1) is 11.3 Å². The maximum atomic E-state index is 12.9. The van der Waals surface area contributed by atoms with E-state index in [9.17, 15) is 4.79 Å². The molecule has 4 rings (SSSR count). The third-order valence-electron chi connectivity index (χ3n) is 4.48. The largest absolute Gasteiger partial charge is 0.497 e. The van der Waals surface area contributed by atoms with Crippen LogP contribution in [0.15, 0.2) is 52.6 Å². The van der Waals surface area contributed by atoms with E-state index in [2.05, 4.69) is 9.97 Å². The van der Waals surface area contributed by atoms with E-state index in [0.717, 1.165) is 22.4 Å². The van der Waals surface area contributed by atoms with Crippen molar-refractivity contribution < 1.29 is 14.2 Å². The summed E-state index contributed by atoms with van der Waals surface area (Å²) in [6, 6.07) is 13.0. The summed E-state index contributed by atoms with van der Waals surface area (Å²) in [5.74, 6) is 2.41. The molecule has 28 heavy (non-hydrogen) atoms. The van der Waals surface area contributed by atoms with Crippen molar-refractivity contribution in [2.24, 2.45) is 0 Å². The fourth-order valence-electron chi connectivity index (χ4n) is 3.07. The standard InChI is InChI=1S/C21H18N2O4S/c1-25-14-6-4-5-12(9-14)15-11-28-21-18(15)20(24)22-19(23-21)13-7-8-16(26-2)17(10-13)27-3/h4-11H,1-3H3,(H,22,23,24). The second kappa shape index (κ2) is 7.36. The molecule has 0 spiro atoms. The first-order chi connectivity index (χ1) is 13.6. The topological polar surface area (TPSA) is 73.4 Å². The molecule has 2 aromatic carbocycles. The Morgan fingerprint density at radius 2 is 1.75 bits per heavy atom. The van der Waals surface area contributed by atoms with Crippen molar-refractivity contribution in [1.82, 2.24) is 9.97 Å². The smallest absolute Gasteiger partial charge is 0.260 e. The Balaban J connectivity index is 1.84. The van der Waals surface area contributed by atoms with Gasteiger partial charge in [0.15, 0.2) is 11.5 Å². The first-order valence-electron chi connectivity index (χ1n) is 8.53. The highest BCUT2D eigenvalue weighted by Gasteiger charge is 2.15. The monoisotopic (exact) mass is 394 g/mol. The molecule has 4 aromatic rings. The zero-order valence-corrected chi connectivity index (χ0v) is 16.4. The number of ether oxygens (including phenoxy) is 3. The number of methoxy groups -OCH3 is 3. The van der Waals surface area contributed by atoms with Crippen LogP contribution >= 0.6 is 11.3 Å². The molecule has 0 saturated carbocycles. The Morgan fingerprint density at radius 1 is 0.929 bits per heavy atom. The lowest BCUT2D eigenvalue weighted by Gasteiger charge is -2.09. The summed E-state index contributed by atoms with van der Waals surface area (Å²) < 4.78 is 15.9. The van der Waals surface area contributed by atoms with Crippen molar-refractivity contribution in [2.75, 3.05) is 21.3 Å². The first kappa shape index (κ1) is 18.1. The lowest BCUT2D eigenvalue weighted by atomic mass is 10.1. The van der Waals surface area contributed by atoms with Crippen LogP contribution in [0.4, 0.5) is 0 Å². The van der Waals surface area contributed by atoms with Gasteiger partial charge in [0.05, 0.1) is 26.7 Å². The van der Waals surface area contributed by atoms with Crippen molar-refractivity contribution in [2.45, 2.75) is 0 Å². The van der Waals surface area contributed by atoms with Gasteiger partial charge < -0.3 is 19.2 Å². The fraction of sp³-hybridized carbons (Fsp3) is 0.143. The van der Waals surface area contributed by atoms with Gasteiger partial charge in [-0.2, -0.15) is 0 Å². The van der Waals surface area contributed by atoms with E-state index in [0.29, 0.717) is 27.5 Å². The number of hydrogen-bond donors (Lipinski definition) is 1. The van der Waals surface area contributed by atoms with E-state index in [1.54, 1.807) is 33.5 Å². The van der Waals surface area contributed by atoms with Gasteiger partial charge in [0.2, 0.25) is 0 Å². The van der Waals surface area contributed by atoms with E-state index in [4.69, 9.17) is 14.2 Å². The number of benzene rings is 2. The van der Waals surface area contributed by atoms with E-state index < -0.39 is 0 Å². The quantitative estimate of drug-likeness (QED) is 0.545. The Hall–Kier alpha value is -3.32. The van der Waals surface area contributed by atoms with Gasteiger partial charge >= 0.3 is 0 Å². The van der Waals surface area contributed by atoms with E-state index in [1.165, 1.54) is 11.3 Å². The van der Waals surface area contributed by atoms with Crippen LogP contribution in [-0.4, -0.2) is 31.3 Å². The number of aromatic amines is 1. The summed E-state index contributed by atoms with van der Waals surface area (Å²) in [6.07, 6.45) is 0. The van der Waals surface area contributed by atoms with Crippen LogP contribution < -0.4 is 19.8 Å². The second-order valence-corrected chi connectivity index (χ2v) is 6.90. The van der Waals surface area contributed by atoms with Crippen molar-refractivity contribution in [3.8, 4) is 39.8 Å². The Kier molecular flexibility index (Phi) is 4.75. The van der Waals surface area contributed by atoms with Crippen molar-refractivity contribution in [3.05, 3.63) is 58.2 Å². The number of nitrogens with zero attached hydrogens (tertiary/aromatic N) is 1. The third kappa shape index (κ3) is 3.10. The number of fused-ring (bicyclic) bond motifs is 1. The molecule has 0 fully saturated rings. The van der Waals surface area contributed by atoms with Gasteiger partial charge in [-0.25, -0.2) is 4.98 Å². The van der Waals surface area contributed by atoms with Crippen LogP contribution in [-0.2, 0) is 0 Å². The van der Waals surface area contributed by atoms with Gasteiger partial charge in [0.1, 0.15) is 16.4 Å². The Bertz CT molecular complexity index is 1210. The molecule has 2 aromatic heterocycles. The van der Waals surface area contributed by atoms with Gasteiger partial charge in [0.25, 0.3) is 5.56 Å². The second-order valence-electron chi connectivity index (χ2n) is 6.05. The van der Waals surface area contributed by atoms with Crippen LogP contribution in [0, 0.1) is 0 Å². The maximum absolute atomic E-state index is 12.9. The van der Waals surface area contributed by atoms with Crippen LogP contribution in [0.1, 0.15) is 0 Å². The highest BCUT2D eigenvalue weighted by atomic mass is 32.1. The van der Waals surface area contributed by atoms with E-state index >= 15 is 0 Å². The molecule has 0 unspecified atom stereocenters. The average molecular weight is 394 g/mol. The molecule has 1 N–H and O–H groups in total. The normalized spacial score (nSPS) is 10.8. The molecule has 0 saturated heterocycles. The molecule has 6 nitrogen and oxygen atoms in total. The minimum Gasteiger partial charge on any atom is -0.497 e. The van der Waals surface area contributed by atoms with Crippen molar-refractivity contribution >= 4 is 21.6 Å². The van der Waals surface area contributed by atoms with Crippen LogP contribution in [0.2, 0.25) is 0 Å². The minimum absolute atomic E-state index is 0.186. The van der Waals surface area contributed by atoms with E-state index in [-0.39, 0.29) is 5.56 Å². The van der Waals surface area contributed by atoms with Crippen LogP contribution in [0.3, 0.4) is 0 Å². The summed E-state index contributed by atoms with van der Waals surface area (Å²) in [7, 11) is 4.77. The maximum Gasteiger partial charge on any atom is 0.260 e. The number of rotatable bonds is 5. The zero-order chi connectivity index (χ0) is 19.7. The number of nitrogens with one attached hydrogen (secondary N) is 1. The first-order valence-corrected chi connectivity index (χ1v) is 9.41. The lowest BCUT2D eigenvalue weighted by Crippen LogP contribution is -2.09. The molecule has 142 valence electrons. The molecule has 0 bridgehead atoms. The zero-order valence-electron chi connectivity index (χ0n) is 15.6. The molecule has 0 atom stereocenters. The van der Waals surface area contributed by atoms with Crippen LogP contribution in [0.5, 0.6) is 17.2 Å². The molecular formula is C21H18N2O4S. The lowest BCUT2D eigenvalue weighted by molar-refractivity contribution is 0.355. The molecule has 0 aliphatic heterocycles. The van der Waals surface area contributed by atoms with Crippen molar-refractivity contribution in [1.29, 1.82) is 0 Å². The molecule has 2 heterocycles. The Morgan fingerprint density at radius 3 is 2.50 bits per heavy atom. The molecule has 0 aliphatic carbocycles. The van der Waals surface area contributed by atoms with E-state index in [1.807, 2.05) is 35.7 Å². The van der Waals surface area contributed by atoms with Gasteiger partial charge in [-0.3, -0.25) is 4.79 Å². The summed E-state index contributed by atoms with van der Waals surface area (Å²) >= 11 is 1.43. The average Bonchev–Trinajstić information content (AvgIpc) is 3.18. The summed E-state index contributed by atoms with van der Waals surface area (Å²) in [5.41, 5.74) is 2.31. The summed E-state index contributed by atoms with van der Waals surface area (Å²) in [4.78, 5) is 21.1. The summed E-state index contributed by atoms with van der Waals surface area (Å²) in [5, 5.41) is 2.52. The van der Waals surface area contributed by atoms with Crippen LogP contribution in [0.25, 0.3) is 32.7 Å². The third-order valence-corrected chi connectivity index (χ3v) is 5.35. The Labute approximate surface area is 165 Å². The number of hydrogen-bond acceptors (Lipinski definition) is 6. The SMILES string of the molecule is COc1cccc(-c2csc3nc(-c4ccc(OC)c(OC)c4)[nH]c(=O)c23)c1. The summed E-state index contributed by atoms with van der Waals surface area (Å²) in [6.45, 7) is 0. The molecule has 0 aliphatic rings. The molecular weight excluding hydrogens is 376 g/mol. The van der Waals surface area contributed by atoms with Crippen molar-refractivity contribution in [3.63, 3.8) is 0 Å². The number of aromatic nitrogens is 2. The predicted octanol–water partition coefficient (Wildman–Crippen LogP) is 4.34. The predicted molar refractivity (Wildman–Crippen MR) is 111 cm³/mol. The molecule has 7 heteroatoms. The fourth-order valence-corrected chi connectivity index (χ4v) is 4.02. The van der Waals surface area contributed by atoms with Gasteiger partial charge in [0, 0.05) is 16.5 Å². The van der Waals surface area contributed by atoms with Gasteiger partial charge in [-0.05, 0) is 35.9 Å². The highest BCUT2D eigenvalue weighted by molar-refractivity contribution is 7.17. The molecule has 0 amide bonds.